The summed E-state index contributed by atoms with van der Waals surface area (Å²) in [4.78, 5) is 24.5. The van der Waals surface area contributed by atoms with Crippen LogP contribution in [0.15, 0.2) is 78.0 Å². The summed E-state index contributed by atoms with van der Waals surface area (Å²) in [6, 6.07) is 17.6. The minimum absolute atomic E-state index is 0.178. The van der Waals surface area contributed by atoms with Gasteiger partial charge in [-0.1, -0.05) is 44.4 Å². The number of unbranched alkanes of at least 4 members (excludes halogenated alkanes) is 3. The highest BCUT2D eigenvalue weighted by atomic mass is 32.2. The molecule has 42 heavy (non-hydrogen) atoms. The minimum Gasteiger partial charge on any atom is -0.428 e. The van der Waals surface area contributed by atoms with Crippen molar-refractivity contribution in [1.82, 2.24) is 23.7 Å². The van der Waals surface area contributed by atoms with E-state index < -0.39 is 22.3 Å². The second-order valence-corrected chi connectivity index (χ2v) is 12.3. The molecule has 1 fully saturated rings. The van der Waals surface area contributed by atoms with E-state index >= 15 is 0 Å². The molecule has 4 aromatic rings. The van der Waals surface area contributed by atoms with Crippen LogP contribution < -0.4 is 5.32 Å². The maximum Gasteiger partial charge on any atom is 0.413 e. The van der Waals surface area contributed by atoms with Crippen LogP contribution in [0.1, 0.15) is 39.5 Å². The molecule has 0 aliphatic carbocycles. The first-order chi connectivity index (χ1) is 20.4. The van der Waals surface area contributed by atoms with Gasteiger partial charge in [0, 0.05) is 43.3 Å². The van der Waals surface area contributed by atoms with Gasteiger partial charge in [0.05, 0.1) is 22.5 Å². The van der Waals surface area contributed by atoms with Crippen molar-refractivity contribution in [2.24, 2.45) is 0 Å². The number of piperazine rings is 1. The van der Waals surface area contributed by atoms with Crippen LogP contribution in [0, 0.1) is 0 Å². The molecule has 1 aliphatic rings. The van der Waals surface area contributed by atoms with Crippen LogP contribution in [-0.4, -0.2) is 70.7 Å². The summed E-state index contributed by atoms with van der Waals surface area (Å²) in [5.74, 6) is 0.795. The van der Waals surface area contributed by atoms with Gasteiger partial charge in [-0.05, 0) is 62.4 Å². The smallest absolute Gasteiger partial charge is 0.413 e. The number of ether oxygens (including phenoxy) is 1. The predicted molar refractivity (Wildman–Crippen MR) is 163 cm³/mol. The molecule has 10 nitrogen and oxygen atoms in total. The Labute approximate surface area is 247 Å². The summed E-state index contributed by atoms with van der Waals surface area (Å²) in [6.07, 6.45) is 6.25. The van der Waals surface area contributed by atoms with Gasteiger partial charge in [0.1, 0.15) is 5.82 Å². The number of amides is 1. The van der Waals surface area contributed by atoms with Crippen molar-refractivity contribution in [2.75, 3.05) is 31.5 Å². The summed E-state index contributed by atoms with van der Waals surface area (Å²) in [5.41, 5.74) is 3.07. The van der Waals surface area contributed by atoms with Crippen LogP contribution in [0.4, 0.5) is 10.5 Å². The van der Waals surface area contributed by atoms with E-state index in [9.17, 15) is 13.2 Å². The third-order valence-corrected chi connectivity index (χ3v) is 9.43. The van der Waals surface area contributed by atoms with Gasteiger partial charge in [0.15, 0.2) is 6.23 Å². The van der Waals surface area contributed by atoms with Gasteiger partial charge in [-0.2, -0.15) is 4.31 Å². The number of benzene rings is 2. The van der Waals surface area contributed by atoms with Crippen molar-refractivity contribution in [1.29, 1.82) is 0 Å². The van der Waals surface area contributed by atoms with Crippen LogP contribution in [0.5, 0.6) is 0 Å². The number of rotatable bonds is 11. The highest BCUT2D eigenvalue weighted by Gasteiger charge is 2.38. The molecule has 1 unspecified atom stereocenters. The van der Waals surface area contributed by atoms with Crippen LogP contribution in [0.3, 0.4) is 0 Å². The third-order valence-electron chi connectivity index (χ3n) is 7.52. The summed E-state index contributed by atoms with van der Waals surface area (Å²) in [6.45, 7) is 6.89. The number of hydrogen-bond donors (Lipinski definition) is 1. The molecule has 1 atom stereocenters. The predicted octanol–water partition coefficient (Wildman–Crippen LogP) is 5.58. The molecule has 0 radical (unpaired) electrons. The van der Waals surface area contributed by atoms with Crippen molar-refractivity contribution in [2.45, 2.75) is 57.2 Å². The molecule has 222 valence electrons. The standard InChI is InChI=1S/C31H38N6O4S/c1-3-5-6-10-18-35-19-20-37(42(39,40)26-13-8-7-9-14-26)29(23-35)41-31(38)33-25-15-16-28-27(21-25)34-30(36(28)4-2)24-12-11-17-32-22-24/h7-9,11-17,21-22,29H,3-6,10,18-20,23H2,1-2H3,(H,33,38). The Morgan fingerprint density at radius 1 is 1.02 bits per heavy atom. The molecule has 0 bridgehead atoms. The van der Waals surface area contributed by atoms with E-state index in [1.54, 1.807) is 54.9 Å². The number of aromatic nitrogens is 3. The maximum atomic E-state index is 13.6. The molecule has 2 aromatic carbocycles. The Kier molecular flexibility index (Phi) is 9.51. The highest BCUT2D eigenvalue weighted by Crippen LogP contribution is 2.27. The molecule has 11 heteroatoms. The van der Waals surface area contributed by atoms with Crippen molar-refractivity contribution >= 4 is 32.8 Å². The number of nitrogens with zero attached hydrogens (tertiary/aromatic N) is 5. The van der Waals surface area contributed by atoms with Gasteiger partial charge in [-0.25, -0.2) is 18.2 Å². The SMILES string of the molecule is CCCCCCN1CCN(S(=O)(=O)c2ccccc2)C(OC(=O)Nc2ccc3c(c2)nc(-c2cccnc2)n3CC)C1. The van der Waals surface area contributed by atoms with E-state index in [4.69, 9.17) is 9.72 Å². The largest absolute Gasteiger partial charge is 0.428 e. The van der Waals surface area contributed by atoms with E-state index in [0.29, 0.717) is 18.8 Å². The number of hydrogen-bond acceptors (Lipinski definition) is 7. The number of nitrogens with one attached hydrogen (secondary N) is 1. The molecule has 2 aromatic heterocycles. The molecule has 1 amide bonds. The zero-order valence-corrected chi connectivity index (χ0v) is 25.0. The Morgan fingerprint density at radius 3 is 2.60 bits per heavy atom. The van der Waals surface area contributed by atoms with E-state index in [2.05, 4.69) is 33.6 Å². The maximum absolute atomic E-state index is 13.6. The number of aryl methyl sites for hydroxylation is 1. The molecule has 1 aliphatic heterocycles. The van der Waals surface area contributed by atoms with E-state index in [-0.39, 0.29) is 11.4 Å². The van der Waals surface area contributed by atoms with Gasteiger partial charge in [-0.3, -0.25) is 15.2 Å². The van der Waals surface area contributed by atoms with E-state index in [1.165, 1.54) is 4.31 Å². The Hall–Kier alpha value is -3.80. The lowest BCUT2D eigenvalue weighted by Crippen LogP contribution is -2.56. The fourth-order valence-corrected chi connectivity index (χ4v) is 6.88. The first-order valence-electron chi connectivity index (χ1n) is 14.6. The first kappa shape index (κ1) is 29.7. The van der Waals surface area contributed by atoms with Crippen molar-refractivity contribution in [3.63, 3.8) is 0 Å². The summed E-state index contributed by atoms with van der Waals surface area (Å²) < 4.78 is 36.3. The molecule has 1 saturated heterocycles. The number of anilines is 1. The Morgan fingerprint density at radius 2 is 1.86 bits per heavy atom. The molecule has 3 heterocycles. The fraction of sp³-hybridized carbons (Fsp3) is 0.387. The quantitative estimate of drug-likeness (QED) is 0.227. The summed E-state index contributed by atoms with van der Waals surface area (Å²) >= 11 is 0. The highest BCUT2D eigenvalue weighted by molar-refractivity contribution is 7.89. The van der Waals surface area contributed by atoms with Crippen LogP contribution in [0.25, 0.3) is 22.4 Å². The van der Waals surface area contributed by atoms with Crippen molar-refractivity contribution in [3.8, 4) is 11.4 Å². The van der Waals surface area contributed by atoms with Gasteiger partial charge in [0.25, 0.3) is 0 Å². The number of sulfonamides is 1. The molecule has 0 saturated carbocycles. The molecular formula is C31H38N6O4S. The van der Waals surface area contributed by atoms with Gasteiger partial charge >= 0.3 is 6.09 Å². The Balaban J connectivity index is 1.34. The van der Waals surface area contributed by atoms with E-state index in [1.807, 2.05) is 18.2 Å². The number of fused-ring (bicyclic) bond motifs is 1. The van der Waals surface area contributed by atoms with Crippen molar-refractivity contribution in [3.05, 3.63) is 73.1 Å². The molecule has 0 spiro atoms. The fourth-order valence-electron chi connectivity index (χ4n) is 5.37. The topological polar surface area (TPSA) is 110 Å². The monoisotopic (exact) mass is 590 g/mol. The Bertz CT molecular complexity index is 1590. The lowest BCUT2D eigenvalue weighted by molar-refractivity contribution is -0.0167. The van der Waals surface area contributed by atoms with Gasteiger partial charge < -0.3 is 9.30 Å². The zero-order valence-electron chi connectivity index (χ0n) is 24.1. The second-order valence-electron chi connectivity index (χ2n) is 10.4. The average molecular weight is 591 g/mol. The normalized spacial score (nSPS) is 16.5. The third kappa shape index (κ3) is 6.64. The molecule has 5 rings (SSSR count). The lowest BCUT2D eigenvalue weighted by Gasteiger charge is -2.39. The van der Waals surface area contributed by atoms with Gasteiger partial charge in [-0.15, -0.1) is 0 Å². The number of carbonyl (C=O) groups excluding carboxylic acids is 1. The lowest BCUT2D eigenvalue weighted by atomic mass is 10.2. The van der Waals surface area contributed by atoms with Crippen molar-refractivity contribution < 1.29 is 17.9 Å². The molecule has 1 N–H and O–H groups in total. The van der Waals surface area contributed by atoms with Crippen LogP contribution in [0.2, 0.25) is 0 Å². The molecular weight excluding hydrogens is 552 g/mol. The number of pyridine rings is 1. The first-order valence-corrected chi connectivity index (χ1v) is 16.0. The van der Waals surface area contributed by atoms with Crippen LogP contribution in [-0.2, 0) is 21.3 Å². The minimum atomic E-state index is -3.86. The van der Waals surface area contributed by atoms with Crippen LogP contribution >= 0.6 is 0 Å². The average Bonchev–Trinajstić information content (AvgIpc) is 3.38. The summed E-state index contributed by atoms with van der Waals surface area (Å²) in [5, 5.41) is 2.79. The van der Waals surface area contributed by atoms with Gasteiger partial charge in [0.2, 0.25) is 10.0 Å². The zero-order chi connectivity index (χ0) is 29.5. The number of imidazole rings is 1. The second kappa shape index (κ2) is 13.5. The van der Waals surface area contributed by atoms with E-state index in [0.717, 1.165) is 61.2 Å². The summed E-state index contributed by atoms with van der Waals surface area (Å²) in [7, 11) is -3.86. The number of carbonyl (C=O) groups is 1.